The van der Waals surface area contributed by atoms with Crippen LogP contribution in [0.3, 0.4) is 0 Å². The average Bonchev–Trinajstić information content (AvgIpc) is 3.63. The lowest BCUT2D eigenvalue weighted by Gasteiger charge is -2.39. The molecule has 5 heterocycles. The third kappa shape index (κ3) is 8.32. The maximum absolute atomic E-state index is 12.3. The minimum atomic E-state index is -0.224. The van der Waals surface area contributed by atoms with Crippen molar-refractivity contribution in [3.05, 3.63) is 89.7 Å². The van der Waals surface area contributed by atoms with Gasteiger partial charge in [-0.1, -0.05) is 31.2 Å². The third-order valence-corrected chi connectivity index (χ3v) is 10.7. The van der Waals surface area contributed by atoms with Gasteiger partial charge in [0.2, 0.25) is 12.3 Å². The zero-order chi connectivity index (χ0) is 35.2. The second kappa shape index (κ2) is 15.9. The molecule has 266 valence electrons. The number of nitrogens with zero attached hydrogens (tertiary/aromatic N) is 5. The fourth-order valence-corrected chi connectivity index (χ4v) is 7.47. The summed E-state index contributed by atoms with van der Waals surface area (Å²) in [4.78, 5) is 52.6. The standard InChI is InChI=1S/C40H48N8O3/c1-29(5-10-39(50)43-28-49)30-6-8-33(9-7-30)47-21-17-45(18-22-47)15-16-46-19-23-48(24-20-46)34-4-2-3-31(25-34)37-26-32(11-13-41-37)38-27-35-36(44-38)12-14-42-40(35)51/h2-4,6-9,11,13,25-29,44H,5,10,12,14-24H2,1H3,(H,42,51)(H,43,49,50). The van der Waals surface area contributed by atoms with Crippen molar-refractivity contribution in [3.8, 4) is 22.5 Å². The Hall–Kier alpha value is -5.00. The van der Waals surface area contributed by atoms with E-state index in [9.17, 15) is 14.4 Å². The Morgan fingerprint density at radius 1 is 0.863 bits per heavy atom. The summed E-state index contributed by atoms with van der Waals surface area (Å²) in [6, 6.07) is 23.5. The lowest BCUT2D eigenvalue weighted by Crippen LogP contribution is -2.51. The molecule has 3 N–H and O–H groups in total. The minimum absolute atomic E-state index is 0.00984. The maximum Gasteiger partial charge on any atom is 0.253 e. The van der Waals surface area contributed by atoms with Crippen molar-refractivity contribution < 1.29 is 14.4 Å². The zero-order valence-electron chi connectivity index (χ0n) is 29.4. The van der Waals surface area contributed by atoms with Crippen molar-refractivity contribution in [2.75, 3.05) is 81.8 Å². The van der Waals surface area contributed by atoms with Gasteiger partial charge in [0.15, 0.2) is 0 Å². The lowest BCUT2D eigenvalue weighted by molar-refractivity contribution is -0.125. The quantitative estimate of drug-likeness (QED) is 0.191. The van der Waals surface area contributed by atoms with Crippen LogP contribution in [0, 0.1) is 0 Å². The van der Waals surface area contributed by atoms with Gasteiger partial charge in [0.25, 0.3) is 5.91 Å². The first kappa shape index (κ1) is 34.4. The number of piperazine rings is 2. The van der Waals surface area contributed by atoms with E-state index in [0.29, 0.717) is 25.8 Å². The molecule has 2 aromatic heterocycles. The Morgan fingerprint density at radius 3 is 2.25 bits per heavy atom. The van der Waals surface area contributed by atoms with E-state index in [1.807, 2.05) is 18.3 Å². The number of rotatable bonds is 12. The summed E-state index contributed by atoms with van der Waals surface area (Å²) in [5.74, 6) is 0.0250. The number of anilines is 2. The number of carbonyl (C=O) groups is 3. The van der Waals surface area contributed by atoms with E-state index in [4.69, 9.17) is 4.98 Å². The highest BCUT2D eigenvalue weighted by atomic mass is 16.2. The van der Waals surface area contributed by atoms with Gasteiger partial charge in [-0.3, -0.25) is 34.5 Å². The number of hydrogen-bond acceptors (Lipinski definition) is 8. The molecule has 0 spiro atoms. The van der Waals surface area contributed by atoms with Crippen molar-refractivity contribution in [2.24, 2.45) is 0 Å². The van der Waals surface area contributed by atoms with E-state index in [0.717, 1.165) is 106 Å². The summed E-state index contributed by atoms with van der Waals surface area (Å²) in [7, 11) is 0. The van der Waals surface area contributed by atoms with Gasteiger partial charge in [-0.2, -0.15) is 0 Å². The van der Waals surface area contributed by atoms with Crippen LogP contribution in [-0.4, -0.2) is 110 Å². The Labute approximate surface area is 300 Å². The number of fused-ring (bicyclic) bond motifs is 1. The van der Waals surface area contributed by atoms with Crippen LogP contribution in [0.5, 0.6) is 0 Å². The number of hydrogen-bond donors (Lipinski definition) is 3. The predicted octanol–water partition coefficient (Wildman–Crippen LogP) is 4.13. The first-order chi connectivity index (χ1) is 24.9. The number of nitrogens with one attached hydrogen (secondary N) is 3. The van der Waals surface area contributed by atoms with E-state index in [1.54, 1.807) is 0 Å². The Balaban J connectivity index is 0.857. The molecule has 2 aromatic carbocycles. The molecule has 1 unspecified atom stereocenters. The number of pyridine rings is 1. The number of benzene rings is 2. The summed E-state index contributed by atoms with van der Waals surface area (Å²) in [6.45, 7) is 13.2. The Bertz CT molecular complexity index is 1820. The highest BCUT2D eigenvalue weighted by Crippen LogP contribution is 2.30. The third-order valence-electron chi connectivity index (χ3n) is 10.7. The SMILES string of the molecule is CC(CCC(=O)NC=O)c1ccc(N2CCN(CCN3CCN(c4cccc(-c5cc(-c6cc7c([nH]6)CCNC7=O)ccn5)c4)CC3)CC2)cc1. The molecular formula is C40H48N8O3. The van der Waals surface area contributed by atoms with Crippen LogP contribution in [0.4, 0.5) is 11.4 Å². The van der Waals surface area contributed by atoms with Crippen molar-refractivity contribution in [1.29, 1.82) is 0 Å². The van der Waals surface area contributed by atoms with Crippen LogP contribution in [-0.2, 0) is 16.0 Å². The first-order valence-corrected chi connectivity index (χ1v) is 18.3. The molecule has 0 saturated carbocycles. The Kier molecular flexibility index (Phi) is 10.7. The second-order valence-corrected chi connectivity index (χ2v) is 13.9. The van der Waals surface area contributed by atoms with Gasteiger partial charge >= 0.3 is 0 Å². The maximum atomic E-state index is 12.3. The molecule has 2 fully saturated rings. The van der Waals surface area contributed by atoms with Crippen LogP contribution < -0.4 is 20.4 Å². The molecule has 4 aromatic rings. The van der Waals surface area contributed by atoms with Crippen molar-refractivity contribution in [2.45, 2.75) is 32.1 Å². The molecule has 0 radical (unpaired) electrons. The molecule has 0 aliphatic carbocycles. The van der Waals surface area contributed by atoms with Gasteiger partial charge in [0, 0.05) is 125 Å². The fraction of sp³-hybridized carbons (Fsp3) is 0.400. The molecular weight excluding hydrogens is 640 g/mol. The van der Waals surface area contributed by atoms with Gasteiger partial charge in [0.1, 0.15) is 0 Å². The smallest absolute Gasteiger partial charge is 0.253 e. The highest BCUT2D eigenvalue weighted by Gasteiger charge is 2.23. The molecule has 7 rings (SSSR count). The molecule has 2 saturated heterocycles. The molecule has 3 aliphatic rings. The summed E-state index contributed by atoms with van der Waals surface area (Å²) >= 11 is 0. The molecule has 3 amide bonds. The fourth-order valence-electron chi connectivity index (χ4n) is 7.47. The van der Waals surface area contributed by atoms with E-state index in [1.165, 1.54) is 16.9 Å². The first-order valence-electron chi connectivity index (χ1n) is 18.3. The van der Waals surface area contributed by atoms with Crippen LogP contribution in [0.1, 0.15) is 47.3 Å². The largest absolute Gasteiger partial charge is 0.369 e. The van der Waals surface area contributed by atoms with Crippen LogP contribution in [0.25, 0.3) is 22.5 Å². The minimum Gasteiger partial charge on any atom is -0.369 e. The highest BCUT2D eigenvalue weighted by molar-refractivity contribution is 5.97. The molecule has 3 aliphatic heterocycles. The van der Waals surface area contributed by atoms with Crippen LogP contribution in [0.2, 0.25) is 0 Å². The number of carbonyl (C=O) groups excluding carboxylic acids is 3. The van der Waals surface area contributed by atoms with Crippen LogP contribution in [0.15, 0.2) is 72.9 Å². The van der Waals surface area contributed by atoms with Gasteiger partial charge < -0.3 is 20.1 Å². The second-order valence-electron chi connectivity index (χ2n) is 13.9. The average molecular weight is 689 g/mol. The normalized spacial score (nSPS) is 17.5. The number of amides is 3. The lowest BCUT2D eigenvalue weighted by atomic mass is 9.95. The molecule has 51 heavy (non-hydrogen) atoms. The topological polar surface area (TPSA) is 117 Å². The van der Waals surface area contributed by atoms with Gasteiger partial charge in [0.05, 0.1) is 11.3 Å². The molecule has 0 bridgehead atoms. The van der Waals surface area contributed by atoms with Crippen LogP contribution >= 0.6 is 0 Å². The van der Waals surface area contributed by atoms with E-state index < -0.39 is 0 Å². The van der Waals surface area contributed by atoms with Gasteiger partial charge in [-0.25, -0.2) is 0 Å². The van der Waals surface area contributed by atoms with Gasteiger partial charge in [-0.15, -0.1) is 0 Å². The van der Waals surface area contributed by atoms with Crippen molar-refractivity contribution in [1.82, 2.24) is 30.4 Å². The van der Waals surface area contributed by atoms with Gasteiger partial charge in [-0.05, 0) is 60.4 Å². The summed E-state index contributed by atoms with van der Waals surface area (Å²) in [5, 5.41) is 5.14. The monoisotopic (exact) mass is 688 g/mol. The number of H-pyrrole nitrogens is 1. The Morgan fingerprint density at radius 2 is 1.57 bits per heavy atom. The molecule has 1 atom stereocenters. The predicted molar refractivity (Wildman–Crippen MR) is 201 cm³/mol. The van der Waals surface area contributed by atoms with Crippen molar-refractivity contribution >= 4 is 29.6 Å². The zero-order valence-corrected chi connectivity index (χ0v) is 29.4. The van der Waals surface area contributed by atoms with E-state index >= 15 is 0 Å². The molecule has 11 nitrogen and oxygen atoms in total. The summed E-state index contributed by atoms with van der Waals surface area (Å²) in [6.07, 6.45) is 4.18. The van der Waals surface area contributed by atoms with E-state index in [-0.39, 0.29) is 17.7 Å². The van der Waals surface area contributed by atoms with E-state index in [2.05, 4.69) is 96.7 Å². The number of imide groups is 1. The summed E-state index contributed by atoms with van der Waals surface area (Å²) < 4.78 is 0. The number of aromatic nitrogens is 2. The molecule has 11 heteroatoms. The van der Waals surface area contributed by atoms with Crippen molar-refractivity contribution in [3.63, 3.8) is 0 Å². The number of aromatic amines is 1. The summed E-state index contributed by atoms with van der Waals surface area (Å²) in [5.41, 5.74) is 9.43.